The van der Waals surface area contributed by atoms with E-state index in [0.717, 1.165) is 35.2 Å². The van der Waals surface area contributed by atoms with Crippen LogP contribution in [0.4, 0.5) is 17.2 Å². The molecule has 0 aliphatic carbocycles. The summed E-state index contributed by atoms with van der Waals surface area (Å²) in [6.07, 6.45) is 1.53. The Labute approximate surface area is 166 Å². The monoisotopic (exact) mass is 389 g/mol. The van der Waals surface area contributed by atoms with Crippen LogP contribution in [0.3, 0.4) is 0 Å². The molecular weight excluding hydrogens is 370 g/mol. The van der Waals surface area contributed by atoms with Gasteiger partial charge in [-0.1, -0.05) is 12.1 Å². The molecule has 0 radical (unpaired) electrons. The summed E-state index contributed by atoms with van der Waals surface area (Å²) in [5.41, 5.74) is 3.74. The maximum absolute atomic E-state index is 12.4. The van der Waals surface area contributed by atoms with E-state index in [4.69, 9.17) is 4.74 Å². The number of para-hydroxylation sites is 2. The fourth-order valence-corrected chi connectivity index (χ4v) is 3.47. The first-order chi connectivity index (χ1) is 14.3. The zero-order valence-electron chi connectivity index (χ0n) is 15.6. The quantitative estimate of drug-likeness (QED) is 0.553. The Morgan fingerprint density at radius 2 is 1.79 bits per heavy atom. The summed E-state index contributed by atoms with van der Waals surface area (Å²) in [5, 5.41) is 18.2. The van der Waals surface area contributed by atoms with E-state index in [9.17, 15) is 4.79 Å². The van der Waals surface area contributed by atoms with E-state index >= 15 is 0 Å². The van der Waals surface area contributed by atoms with E-state index < -0.39 is 0 Å². The predicted molar refractivity (Wildman–Crippen MR) is 108 cm³/mol. The van der Waals surface area contributed by atoms with Crippen LogP contribution < -0.4 is 10.6 Å². The van der Waals surface area contributed by atoms with Crippen LogP contribution in [-0.2, 0) is 9.53 Å². The van der Waals surface area contributed by atoms with Crippen molar-refractivity contribution in [1.82, 2.24) is 25.0 Å². The van der Waals surface area contributed by atoms with Crippen LogP contribution in [0, 0.1) is 5.92 Å². The molecule has 2 N–H and O–H groups in total. The second-order valence-corrected chi connectivity index (χ2v) is 6.94. The van der Waals surface area contributed by atoms with Crippen molar-refractivity contribution >= 4 is 39.8 Å². The maximum Gasteiger partial charge on any atom is 0.227 e. The van der Waals surface area contributed by atoms with Crippen molar-refractivity contribution in [1.29, 1.82) is 0 Å². The second kappa shape index (κ2) is 7.44. The number of fused-ring (bicyclic) bond motifs is 3. The average Bonchev–Trinajstić information content (AvgIpc) is 3.26. The number of benzene rings is 2. The molecule has 9 heteroatoms. The van der Waals surface area contributed by atoms with Gasteiger partial charge in [0.15, 0.2) is 5.82 Å². The van der Waals surface area contributed by atoms with Gasteiger partial charge in [-0.25, -0.2) is 4.98 Å². The number of hydrogen-bond acceptors (Lipinski definition) is 7. The second-order valence-electron chi connectivity index (χ2n) is 6.94. The third kappa shape index (κ3) is 3.47. The third-order valence-corrected chi connectivity index (χ3v) is 5.03. The summed E-state index contributed by atoms with van der Waals surface area (Å²) in [5.74, 6) is 0.617. The van der Waals surface area contributed by atoms with E-state index in [0.29, 0.717) is 24.7 Å². The summed E-state index contributed by atoms with van der Waals surface area (Å²) in [6, 6.07) is 15.2. The molecule has 1 aliphatic heterocycles. The minimum atomic E-state index is 0.0112. The van der Waals surface area contributed by atoms with E-state index in [-0.39, 0.29) is 11.8 Å². The van der Waals surface area contributed by atoms with Gasteiger partial charge in [0.1, 0.15) is 0 Å². The molecule has 4 aromatic rings. The molecule has 1 amide bonds. The van der Waals surface area contributed by atoms with Gasteiger partial charge in [0.25, 0.3) is 0 Å². The number of nitrogens with zero attached hydrogens (tertiary/aromatic N) is 5. The SMILES string of the molecule is O=C(Nc1ccc(Nc2nc3ccccc3n3nnnc23)cc1)C1CCOCC1. The summed E-state index contributed by atoms with van der Waals surface area (Å²) >= 11 is 0. The number of tetrazole rings is 1. The number of rotatable bonds is 4. The Hall–Kier alpha value is -3.59. The molecule has 0 atom stereocenters. The topological polar surface area (TPSA) is 106 Å². The number of anilines is 3. The number of carbonyl (C=O) groups excluding carboxylic acids is 1. The first kappa shape index (κ1) is 17.5. The van der Waals surface area contributed by atoms with Gasteiger partial charge in [-0.3, -0.25) is 4.79 Å². The zero-order chi connectivity index (χ0) is 19.6. The van der Waals surface area contributed by atoms with Crippen LogP contribution in [0.1, 0.15) is 12.8 Å². The minimum absolute atomic E-state index is 0.0112. The molecule has 5 rings (SSSR count). The molecule has 0 saturated carbocycles. The molecule has 0 spiro atoms. The highest BCUT2D eigenvalue weighted by molar-refractivity contribution is 5.93. The summed E-state index contributed by atoms with van der Waals surface area (Å²) < 4.78 is 6.97. The highest BCUT2D eigenvalue weighted by atomic mass is 16.5. The van der Waals surface area contributed by atoms with E-state index in [2.05, 4.69) is 31.1 Å². The smallest absolute Gasteiger partial charge is 0.227 e. The predicted octanol–water partition coefficient (Wildman–Crippen LogP) is 2.78. The van der Waals surface area contributed by atoms with Gasteiger partial charge >= 0.3 is 0 Å². The number of carbonyl (C=O) groups is 1. The van der Waals surface area contributed by atoms with Crippen molar-refractivity contribution in [2.24, 2.45) is 5.92 Å². The van der Waals surface area contributed by atoms with Crippen molar-refractivity contribution < 1.29 is 9.53 Å². The molecular formula is C20H19N7O2. The number of hydrogen-bond donors (Lipinski definition) is 2. The Morgan fingerprint density at radius 3 is 2.62 bits per heavy atom. The van der Waals surface area contributed by atoms with E-state index in [1.54, 1.807) is 4.52 Å². The van der Waals surface area contributed by atoms with Crippen LogP contribution in [0.25, 0.3) is 16.7 Å². The Kier molecular flexibility index (Phi) is 4.49. The molecule has 1 fully saturated rings. The molecule has 0 bridgehead atoms. The highest BCUT2D eigenvalue weighted by Crippen LogP contribution is 2.24. The number of ether oxygens (including phenoxy) is 1. The van der Waals surface area contributed by atoms with Crippen LogP contribution in [0.2, 0.25) is 0 Å². The average molecular weight is 389 g/mol. The van der Waals surface area contributed by atoms with Crippen LogP contribution in [-0.4, -0.2) is 44.1 Å². The van der Waals surface area contributed by atoms with Gasteiger partial charge in [-0.05, 0) is 59.7 Å². The van der Waals surface area contributed by atoms with Gasteiger partial charge < -0.3 is 15.4 Å². The van der Waals surface area contributed by atoms with E-state index in [1.807, 2.05) is 48.5 Å². The van der Waals surface area contributed by atoms with Crippen LogP contribution in [0.5, 0.6) is 0 Å². The van der Waals surface area contributed by atoms with E-state index in [1.165, 1.54) is 0 Å². The lowest BCUT2D eigenvalue weighted by Gasteiger charge is -2.21. The third-order valence-electron chi connectivity index (χ3n) is 5.03. The molecule has 1 saturated heterocycles. The summed E-state index contributed by atoms with van der Waals surface area (Å²) in [7, 11) is 0. The minimum Gasteiger partial charge on any atom is -0.381 e. The zero-order valence-corrected chi connectivity index (χ0v) is 15.6. The summed E-state index contributed by atoms with van der Waals surface area (Å²) in [6.45, 7) is 1.29. The first-order valence-corrected chi connectivity index (χ1v) is 9.50. The molecule has 2 aromatic carbocycles. The number of aromatic nitrogens is 5. The van der Waals surface area contributed by atoms with Crippen molar-refractivity contribution in [2.45, 2.75) is 12.8 Å². The molecule has 1 aliphatic rings. The van der Waals surface area contributed by atoms with Crippen molar-refractivity contribution in [2.75, 3.05) is 23.8 Å². The number of amides is 1. The Morgan fingerprint density at radius 1 is 1.03 bits per heavy atom. The molecule has 9 nitrogen and oxygen atoms in total. The fourth-order valence-electron chi connectivity index (χ4n) is 3.47. The van der Waals surface area contributed by atoms with Crippen molar-refractivity contribution in [3.63, 3.8) is 0 Å². The lowest BCUT2D eigenvalue weighted by atomic mass is 9.99. The largest absolute Gasteiger partial charge is 0.381 e. The van der Waals surface area contributed by atoms with Gasteiger partial charge in [0.2, 0.25) is 11.6 Å². The lowest BCUT2D eigenvalue weighted by Crippen LogP contribution is -2.28. The number of nitrogens with one attached hydrogen (secondary N) is 2. The van der Waals surface area contributed by atoms with Crippen molar-refractivity contribution in [3.8, 4) is 0 Å². The van der Waals surface area contributed by atoms with Crippen LogP contribution in [0.15, 0.2) is 48.5 Å². The standard InChI is InChI=1S/C20H19N7O2/c28-20(13-9-11-29-12-10-13)22-15-7-5-14(6-8-15)21-18-19-24-25-26-27(19)17-4-2-1-3-16(17)23-18/h1-8,13H,9-12H2,(H,21,23)(H,22,28). The Bertz CT molecular complexity index is 1170. The fraction of sp³-hybridized carbons (Fsp3) is 0.250. The van der Waals surface area contributed by atoms with Gasteiger partial charge in [0, 0.05) is 30.5 Å². The molecule has 29 heavy (non-hydrogen) atoms. The van der Waals surface area contributed by atoms with Gasteiger partial charge in [-0.15, -0.1) is 5.10 Å². The molecule has 0 unspecified atom stereocenters. The normalized spacial score (nSPS) is 14.9. The van der Waals surface area contributed by atoms with Crippen molar-refractivity contribution in [3.05, 3.63) is 48.5 Å². The van der Waals surface area contributed by atoms with Gasteiger partial charge in [-0.2, -0.15) is 4.52 Å². The molecule has 3 heterocycles. The maximum atomic E-state index is 12.4. The molecule has 2 aromatic heterocycles. The first-order valence-electron chi connectivity index (χ1n) is 9.50. The summed E-state index contributed by atoms with van der Waals surface area (Å²) in [4.78, 5) is 17.0. The molecule has 146 valence electrons. The lowest BCUT2D eigenvalue weighted by molar-refractivity contribution is -0.122. The van der Waals surface area contributed by atoms with Gasteiger partial charge in [0.05, 0.1) is 11.0 Å². The Balaban J connectivity index is 1.35. The van der Waals surface area contributed by atoms with Crippen LogP contribution >= 0.6 is 0 Å². The highest BCUT2D eigenvalue weighted by Gasteiger charge is 2.21.